The molecule has 0 aromatic carbocycles. The van der Waals surface area contributed by atoms with Gasteiger partial charge in [-0.2, -0.15) is 0 Å². The molecule has 0 N–H and O–H groups in total. The van der Waals surface area contributed by atoms with Gasteiger partial charge in [0.2, 0.25) is 0 Å². The number of rotatable bonds is 4. The summed E-state index contributed by atoms with van der Waals surface area (Å²) in [6.45, 7) is 8.82. The summed E-state index contributed by atoms with van der Waals surface area (Å²) in [6.07, 6.45) is 1.18. The van der Waals surface area contributed by atoms with Gasteiger partial charge >= 0.3 is 5.97 Å². The Morgan fingerprint density at radius 3 is 2.27 bits per heavy atom. The Balaban J connectivity index is 4.06. The zero-order valence-corrected chi connectivity index (χ0v) is 7.46. The highest BCUT2D eigenvalue weighted by molar-refractivity contribution is 5.80. The summed E-state index contributed by atoms with van der Waals surface area (Å²) in [5.74, 6) is -0.365. The van der Waals surface area contributed by atoms with Crippen LogP contribution in [0.4, 0.5) is 0 Å². The van der Waals surface area contributed by atoms with Gasteiger partial charge in [0, 0.05) is 6.08 Å². The lowest BCUT2D eigenvalue weighted by atomic mass is 10.5. The van der Waals surface area contributed by atoms with Crippen molar-refractivity contribution in [2.45, 2.75) is 13.8 Å². The lowest BCUT2D eigenvalue weighted by Crippen LogP contribution is -2.44. The van der Waals surface area contributed by atoms with E-state index < -0.39 is 0 Å². The lowest BCUT2D eigenvalue weighted by Gasteiger charge is -2.27. The molecule has 0 unspecified atom stereocenters. The van der Waals surface area contributed by atoms with Gasteiger partial charge in [0.15, 0.2) is 0 Å². The molecule has 3 nitrogen and oxygen atoms in total. The maximum Gasteiger partial charge on any atom is 0.389 e. The van der Waals surface area contributed by atoms with Crippen LogP contribution in [0.25, 0.3) is 0 Å². The maximum atomic E-state index is 10.8. The average molecular weight is 158 g/mol. The topological polar surface area (TPSA) is 26.3 Å². The first kappa shape index (κ1) is 10.2. The molecule has 0 bridgehead atoms. The molecule has 0 aromatic heterocycles. The van der Waals surface area contributed by atoms with Crippen LogP contribution < -0.4 is 0 Å². The predicted octanol–water partition coefficient (Wildman–Crippen LogP) is 1.12. The lowest BCUT2D eigenvalue weighted by molar-refractivity contribution is -1.07. The normalized spacial score (nSPS) is 10.8. The van der Waals surface area contributed by atoms with E-state index >= 15 is 0 Å². The van der Waals surface area contributed by atoms with E-state index in [4.69, 9.17) is 4.84 Å². The van der Waals surface area contributed by atoms with Crippen molar-refractivity contribution in [2.24, 2.45) is 0 Å². The molecule has 0 aliphatic carbocycles. The SMILES string of the molecule is C=CC(=O)O[N+](C)(CC)CC. The number of carbonyl (C=O) groups excluding carboxylic acids is 1. The van der Waals surface area contributed by atoms with Crippen LogP contribution in [0.5, 0.6) is 0 Å². The zero-order valence-electron chi connectivity index (χ0n) is 7.46. The molecule has 11 heavy (non-hydrogen) atoms. The predicted molar refractivity (Wildman–Crippen MR) is 43.6 cm³/mol. The quantitative estimate of drug-likeness (QED) is 0.348. The van der Waals surface area contributed by atoms with Crippen molar-refractivity contribution < 1.29 is 14.3 Å². The van der Waals surface area contributed by atoms with E-state index in [-0.39, 0.29) is 5.97 Å². The number of hydroxylamine groups is 3. The Kier molecular flexibility index (Phi) is 3.82. The first-order valence-electron chi connectivity index (χ1n) is 3.78. The maximum absolute atomic E-state index is 10.8. The highest BCUT2D eigenvalue weighted by Crippen LogP contribution is 2.02. The molecule has 64 valence electrons. The van der Waals surface area contributed by atoms with Gasteiger partial charge in [-0.3, -0.25) is 4.84 Å². The van der Waals surface area contributed by atoms with Crippen molar-refractivity contribution in [1.82, 2.24) is 0 Å². The van der Waals surface area contributed by atoms with Crippen LogP contribution in [-0.2, 0) is 9.63 Å². The Bertz CT molecular complexity index is 150. The number of hydrogen-bond donors (Lipinski definition) is 0. The van der Waals surface area contributed by atoms with E-state index in [2.05, 4.69) is 6.58 Å². The van der Waals surface area contributed by atoms with Crippen LogP contribution in [0.1, 0.15) is 13.8 Å². The largest absolute Gasteiger partial charge is 0.389 e. The average Bonchev–Trinajstić information content (AvgIpc) is 2.04. The second-order valence-corrected chi connectivity index (χ2v) is 2.54. The fourth-order valence-electron chi connectivity index (χ4n) is 0.607. The molecule has 0 fully saturated rings. The van der Waals surface area contributed by atoms with Gasteiger partial charge in [-0.1, -0.05) is 6.58 Å². The van der Waals surface area contributed by atoms with Gasteiger partial charge in [0.1, 0.15) is 20.1 Å². The van der Waals surface area contributed by atoms with Crippen LogP contribution in [0.3, 0.4) is 0 Å². The first-order valence-corrected chi connectivity index (χ1v) is 3.78. The van der Waals surface area contributed by atoms with E-state index in [1.54, 1.807) is 0 Å². The van der Waals surface area contributed by atoms with Crippen LogP contribution in [0.2, 0.25) is 0 Å². The molecule has 0 aliphatic heterocycles. The molecule has 0 saturated carbocycles. The molecule has 0 amide bonds. The minimum absolute atomic E-state index is 0.310. The number of quaternary nitrogens is 1. The molecule has 0 aliphatic rings. The summed E-state index contributed by atoms with van der Waals surface area (Å²) in [7, 11) is 1.86. The van der Waals surface area contributed by atoms with Crippen molar-refractivity contribution in [2.75, 3.05) is 20.1 Å². The third-order valence-electron chi connectivity index (χ3n) is 1.81. The number of carbonyl (C=O) groups is 1. The van der Waals surface area contributed by atoms with E-state index in [9.17, 15) is 4.79 Å². The van der Waals surface area contributed by atoms with Crippen LogP contribution in [-0.4, -0.2) is 30.8 Å². The smallest absolute Gasteiger partial charge is 0.272 e. The van der Waals surface area contributed by atoms with Crippen molar-refractivity contribution in [3.63, 3.8) is 0 Å². The Morgan fingerprint density at radius 1 is 1.55 bits per heavy atom. The summed E-state index contributed by atoms with van der Waals surface area (Å²) in [4.78, 5) is 15.9. The van der Waals surface area contributed by atoms with Gasteiger partial charge in [-0.05, 0) is 13.8 Å². The third-order valence-corrected chi connectivity index (χ3v) is 1.81. The van der Waals surface area contributed by atoms with E-state index in [1.165, 1.54) is 6.08 Å². The van der Waals surface area contributed by atoms with Gasteiger partial charge in [-0.25, -0.2) is 4.79 Å². The molecular weight excluding hydrogens is 142 g/mol. The van der Waals surface area contributed by atoms with Gasteiger partial charge in [0.25, 0.3) is 0 Å². The van der Waals surface area contributed by atoms with Crippen molar-refractivity contribution >= 4 is 5.97 Å². The monoisotopic (exact) mass is 158 g/mol. The molecular formula is C8H16NO2+. The molecule has 0 heterocycles. The van der Waals surface area contributed by atoms with Gasteiger partial charge in [-0.15, -0.1) is 4.65 Å². The van der Waals surface area contributed by atoms with Crippen molar-refractivity contribution in [3.05, 3.63) is 12.7 Å². The van der Waals surface area contributed by atoms with E-state index in [0.717, 1.165) is 13.1 Å². The van der Waals surface area contributed by atoms with Crippen molar-refractivity contribution in [3.8, 4) is 0 Å². The fourth-order valence-corrected chi connectivity index (χ4v) is 0.607. The minimum atomic E-state index is -0.365. The molecule has 0 atom stereocenters. The molecule has 0 radical (unpaired) electrons. The summed E-state index contributed by atoms with van der Waals surface area (Å²) >= 11 is 0. The molecule has 0 rings (SSSR count). The highest BCUT2D eigenvalue weighted by atomic mass is 16.7. The number of nitrogens with zero attached hydrogens (tertiary/aromatic N) is 1. The Morgan fingerprint density at radius 2 is 2.00 bits per heavy atom. The van der Waals surface area contributed by atoms with Crippen LogP contribution >= 0.6 is 0 Å². The van der Waals surface area contributed by atoms with Gasteiger partial charge < -0.3 is 0 Å². The second-order valence-electron chi connectivity index (χ2n) is 2.54. The first-order chi connectivity index (χ1) is 5.08. The highest BCUT2D eigenvalue weighted by Gasteiger charge is 2.21. The minimum Gasteiger partial charge on any atom is -0.272 e. The zero-order chi connectivity index (χ0) is 8.91. The van der Waals surface area contributed by atoms with E-state index in [1.807, 2.05) is 20.9 Å². The summed E-state index contributed by atoms with van der Waals surface area (Å²) in [5.41, 5.74) is 0. The summed E-state index contributed by atoms with van der Waals surface area (Å²) in [6, 6.07) is 0. The van der Waals surface area contributed by atoms with Gasteiger partial charge in [0.05, 0.1) is 0 Å². The van der Waals surface area contributed by atoms with E-state index in [0.29, 0.717) is 4.65 Å². The van der Waals surface area contributed by atoms with Crippen molar-refractivity contribution in [1.29, 1.82) is 0 Å². The van der Waals surface area contributed by atoms with Crippen LogP contribution in [0.15, 0.2) is 12.7 Å². The molecule has 0 spiro atoms. The Hall–Kier alpha value is -0.830. The summed E-state index contributed by atoms with van der Waals surface area (Å²) in [5, 5.41) is 0. The third kappa shape index (κ3) is 3.18. The molecule has 0 aromatic rings. The number of hydrogen-bond acceptors (Lipinski definition) is 2. The standard InChI is InChI=1S/C8H16NO2/c1-5-8(10)11-9(4,6-2)7-3/h5H,1,6-7H2,2-4H3/q+1. The van der Waals surface area contributed by atoms with Crippen LogP contribution in [0, 0.1) is 0 Å². The molecule has 3 heteroatoms. The Labute approximate surface area is 67.8 Å². The summed E-state index contributed by atoms with van der Waals surface area (Å²) < 4.78 is 0.310. The second kappa shape index (κ2) is 4.13. The molecule has 0 saturated heterocycles. The fraction of sp³-hybridized carbons (Fsp3) is 0.625.